The molecule has 0 unspecified atom stereocenters. The third-order valence-corrected chi connectivity index (χ3v) is 6.12. The summed E-state index contributed by atoms with van der Waals surface area (Å²) in [7, 11) is 0. The summed E-state index contributed by atoms with van der Waals surface area (Å²) in [5.41, 5.74) is 3.82. The average molecular weight is 435 g/mol. The molecule has 0 bridgehead atoms. The SMILES string of the molecule is CC(C)c1cnn2c(NCc3cn4ccccc4n3)cc(NC[C@H]3CCNC[C@@H]3O)nc12. The Morgan fingerprint density at radius 1 is 1.25 bits per heavy atom. The van der Waals surface area contributed by atoms with E-state index in [2.05, 4.69) is 39.9 Å². The second-order valence-electron chi connectivity index (χ2n) is 8.77. The zero-order valence-electron chi connectivity index (χ0n) is 18.5. The first-order valence-corrected chi connectivity index (χ1v) is 11.3. The molecule has 0 aromatic carbocycles. The third-order valence-electron chi connectivity index (χ3n) is 6.12. The van der Waals surface area contributed by atoms with Gasteiger partial charge in [-0.2, -0.15) is 9.61 Å². The summed E-state index contributed by atoms with van der Waals surface area (Å²) in [6.45, 7) is 7.13. The number of piperidine rings is 1. The van der Waals surface area contributed by atoms with E-state index in [9.17, 15) is 5.11 Å². The van der Waals surface area contributed by atoms with Gasteiger partial charge in [-0.15, -0.1) is 0 Å². The molecule has 4 aromatic rings. The lowest BCUT2D eigenvalue weighted by Gasteiger charge is -2.28. The number of fused-ring (bicyclic) bond motifs is 2. The normalized spacial score (nSPS) is 19.1. The number of hydrogen-bond acceptors (Lipinski definition) is 7. The molecule has 5 heterocycles. The fourth-order valence-corrected chi connectivity index (χ4v) is 4.23. The minimum absolute atomic E-state index is 0.207. The van der Waals surface area contributed by atoms with E-state index in [1.807, 2.05) is 51.8 Å². The van der Waals surface area contributed by atoms with E-state index in [0.717, 1.165) is 47.2 Å². The predicted octanol–water partition coefficient (Wildman–Crippen LogP) is 2.49. The fraction of sp³-hybridized carbons (Fsp3) is 0.435. The van der Waals surface area contributed by atoms with Crippen LogP contribution in [0.4, 0.5) is 11.6 Å². The monoisotopic (exact) mass is 434 g/mol. The van der Waals surface area contributed by atoms with Gasteiger partial charge in [-0.3, -0.25) is 0 Å². The summed E-state index contributed by atoms with van der Waals surface area (Å²) < 4.78 is 3.87. The van der Waals surface area contributed by atoms with Crippen LogP contribution in [0.2, 0.25) is 0 Å². The topological polar surface area (TPSA) is 104 Å². The number of aliphatic hydroxyl groups excluding tert-OH is 1. The number of nitrogens with zero attached hydrogens (tertiary/aromatic N) is 5. The van der Waals surface area contributed by atoms with Crippen LogP contribution in [0.3, 0.4) is 0 Å². The summed E-state index contributed by atoms with van der Waals surface area (Å²) in [4.78, 5) is 9.52. The zero-order valence-corrected chi connectivity index (χ0v) is 18.5. The van der Waals surface area contributed by atoms with Crippen molar-refractivity contribution in [3.05, 3.63) is 54.1 Å². The highest BCUT2D eigenvalue weighted by molar-refractivity contribution is 5.61. The Morgan fingerprint density at radius 2 is 2.16 bits per heavy atom. The van der Waals surface area contributed by atoms with Crippen LogP contribution < -0.4 is 16.0 Å². The van der Waals surface area contributed by atoms with Gasteiger partial charge in [0.25, 0.3) is 0 Å². The number of β-amino-alcohol motifs (C(OH)–C–C–N with tert-alkyl or cyclic N) is 1. The van der Waals surface area contributed by atoms with Gasteiger partial charge in [0.1, 0.15) is 17.3 Å². The Hall–Kier alpha value is -3.17. The maximum atomic E-state index is 10.3. The Morgan fingerprint density at radius 3 is 2.97 bits per heavy atom. The molecule has 4 aromatic heterocycles. The Labute approximate surface area is 186 Å². The Kier molecular flexibility index (Phi) is 5.67. The Balaban J connectivity index is 1.40. The van der Waals surface area contributed by atoms with Gasteiger partial charge in [0.2, 0.25) is 0 Å². The van der Waals surface area contributed by atoms with Crippen molar-refractivity contribution in [2.24, 2.45) is 5.92 Å². The molecule has 1 aliphatic heterocycles. The first-order valence-electron chi connectivity index (χ1n) is 11.3. The van der Waals surface area contributed by atoms with Crippen LogP contribution in [-0.4, -0.2) is 54.8 Å². The molecule has 0 aliphatic carbocycles. The average Bonchev–Trinajstić information content (AvgIpc) is 3.41. The second-order valence-corrected chi connectivity index (χ2v) is 8.77. The van der Waals surface area contributed by atoms with Crippen LogP contribution >= 0.6 is 0 Å². The molecule has 1 saturated heterocycles. The van der Waals surface area contributed by atoms with Crippen LogP contribution in [0.25, 0.3) is 11.3 Å². The van der Waals surface area contributed by atoms with E-state index in [1.54, 1.807) is 0 Å². The molecular formula is C23H30N8O. The maximum absolute atomic E-state index is 10.3. The molecule has 32 heavy (non-hydrogen) atoms. The highest BCUT2D eigenvalue weighted by Crippen LogP contribution is 2.25. The summed E-state index contributed by atoms with van der Waals surface area (Å²) >= 11 is 0. The maximum Gasteiger partial charge on any atom is 0.163 e. The third kappa shape index (κ3) is 4.13. The molecule has 2 atom stereocenters. The molecule has 4 N–H and O–H groups in total. The van der Waals surface area contributed by atoms with Gasteiger partial charge < -0.3 is 25.5 Å². The van der Waals surface area contributed by atoms with Crippen molar-refractivity contribution in [2.75, 3.05) is 30.3 Å². The van der Waals surface area contributed by atoms with Gasteiger partial charge in [0.15, 0.2) is 5.65 Å². The highest BCUT2D eigenvalue weighted by atomic mass is 16.3. The quantitative estimate of drug-likeness (QED) is 0.354. The largest absolute Gasteiger partial charge is 0.391 e. The molecule has 0 amide bonds. The van der Waals surface area contributed by atoms with E-state index in [0.29, 0.717) is 25.6 Å². The van der Waals surface area contributed by atoms with Crippen LogP contribution in [0, 0.1) is 5.92 Å². The molecular weight excluding hydrogens is 404 g/mol. The van der Waals surface area contributed by atoms with Crippen molar-refractivity contribution in [1.29, 1.82) is 0 Å². The lowest BCUT2D eigenvalue weighted by Crippen LogP contribution is -2.43. The fourth-order valence-electron chi connectivity index (χ4n) is 4.23. The summed E-state index contributed by atoms with van der Waals surface area (Å²) in [5.74, 6) is 2.15. The van der Waals surface area contributed by atoms with Crippen molar-refractivity contribution in [3.63, 3.8) is 0 Å². The molecule has 9 heteroatoms. The molecule has 168 valence electrons. The summed E-state index contributed by atoms with van der Waals surface area (Å²) in [6.07, 6.45) is 6.52. The van der Waals surface area contributed by atoms with Crippen LogP contribution in [-0.2, 0) is 6.54 Å². The minimum atomic E-state index is -0.339. The number of aliphatic hydroxyl groups is 1. The van der Waals surface area contributed by atoms with Crippen LogP contribution in [0.5, 0.6) is 0 Å². The van der Waals surface area contributed by atoms with E-state index < -0.39 is 0 Å². The minimum Gasteiger partial charge on any atom is -0.391 e. The van der Waals surface area contributed by atoms with E-state index >= 15 is 0 Å². The molecule has 5 rings (SSSR count). The standard InChI is InChI=1S/C23H30N8O/c1-15(2)18-12-27-31-22(26-11-17-14-30-8-4-3-5-21(30)28-17)9-20(29-23(18)31)25-10-16-6-7-24-13-19(16)32/h3-5,8-9,12,14-16,19,24,26,32H,6-7,10-11,13H2,1-2H3,(H,25,29)/t16-,19+/m1/s1. The number of pyridine rings is 1. The van der Waals surface area contributed by atoms with Crippen molar-refractivity contribution >= 4 is 22.9 Å². The summed E-state index contributed by atoms with van der Waals surface area (Å²) in [6, 6.07) is 7.95. The number of rotatable bonds is 7. The molecule has 0 radical (unpaired) electrons. The first-order chi connectivity index (χ1) is 15.6. The van der Waals surface area contributed by atoms with E-state index in [4.69, 9.17) is 4.98 Å². The number of anilines is 2. The van der Waals surface area contributed by atoms with Gasteiger partial charge in [0.05, 0.1) is 24.5 Å². The second kappa shape index (κ2) is 8.76. The number of nitrogens with one attached hydrogen (secondary N) is 3. The van der Waals surface area contributed by atoms with Gasteiger partial charge >= 0.3 is 0 Å². The molecule has 0 spiro atoms. The molecule has 1 fully saturated rings. The lowest BCUT2D eigenvalue weighted by molar-refractivity contribution is 0.0883. The van der Waals surface area contributed by atoms with Gasteiger partial charge in [-0.25, -0.2) is 9.97 Å². The number of hydrogen-bond donors (Lipinski definition) is 4. The van der Waals surface area contributed by atoms with Crippen molar-refractivity contribution in [2.45, 2.75) is 38.8 Å². The highest BCUT2D eigenvalue weighted by Gasteiger charge is 2.23. The molecule has 0 saturated carbocycles. The summed E-state index contributed by atoms with van der Waals surface area (Å²) in [5, 5.41) is 25.0. The van der Waals surface area contributed by atoms with Gasteiger partial charge in [-0.05, 0) is 31.0 Å². The molecule has 9 nitrogen and oxygen atoms in total. The smallest absolute Gasteiger partial charge is 0.163 e. The predicted molar refractivity (Wildman–Crippen MR) is 125 cm³/mol. The van der Waals surface area contributed by atoms with Gasteiger partial charge in [-0.1, -0.05) is 19.9 Å². The van der Waals surface area contributed by atoms with Crippen LogP contribution in [0.1, 0.15) is 37.4 Å². The lowest BCUT2D eigenvalue weighted by atomic mass is 9.95. The zero-order chi connectivity index (χ0) is 22.1. The first kappa shape index (κ1) is 20.7. The van der Waals surface area contributed by atoms with Gasteiger partial charge in [0, 0.05) is 43.0 Å². The Bertz CT molecular complexity index is 1180. The van der Waals surface area contributed by atoms with Crippen molar-refractivity contribution in [1.82, 2.24) is 29.3 Å². The number of aromatic nitrogens is 5. The number of imidazole rings is 1. The van der Waals surface area contributed by atoms with Crippen molar-refractivity contribution in [3.8, 4) is 0 Å². The van der Waals surface area contributed by atoms with E-state index in [-0.39, 0.29) is 12.0 Å². The molecule has 1 aliphatic rings. The van der Waals surface area contributed by atoms with Crippen LogP contribution in [0.15, 0.2) is 42.9 Å². The van der Waals surface area contributed by atoms with E-state index in [1.165, 1.54) is 0 Å². The van der Waals surface area contributed by atoms with Crippen molar-refractivity contribution < 1.29 is 5.11 Å².